The van der Waals surface area contributed by atoms with Gasteiger partial charge in [-0.05, 0) is 38.7 Å². The number of ether oxygens (including phenoxy) is 1. The van der Waals surface area contributed by atoms with Crippen molar-refractivity contribution in [3.05, 3.63) is 35.9 Å². The minimum atomic E-state index is -0.342. The molecule has 2 nitrogen and oxygen atoms in total. The molecule has 1 aromatic rings. The molecule has 0 aliphatic heterocycles. The largest absolute Gasteiger partial charge is 0.379 e. The molecule has 1 rings (SSSR count). The number of ketones is 1. The molecule has 2 heteroatoms. The van der Waals surface area contributed by atoms with Gasteiger partial charge in [0.05, 0.1) is 11.0 Å². The van der Waals surface area contributed by atoms with Crippen molar-refractivity contribution in [2.75, 3.05) is 7.11 Å². The molecule has 0 saturated carbocycles. The van der Waals surface area contributed by atoms with Crippen molar-refractivity contribution in [2.24, 2.45) is 0 Å². The third-order valence-corrected chi connectivity index (χ3v) is 4.57. The average molecular weight is 276 g/mol. The van der Waals surface area contributed by atoms with Gasteiger partial charge >= 0.3 is 0 Å². The van der Waals surface area contributed by atoms with Gasteiger partial charge in [-0.3, -0.25) is 4.79 Å². The van der Waals surface area contributed by atoms with Crippen LogP contribution < -0.4 is 0 Å². The predicted molar refractivity (Wildman–Crippen MR) is 84.0 cm³/mol. The molecule has 0 fully saturated rings. The lowest BCUT2D eigenvalue weighted by Gasteiger charge is -2.32. The standard InChI is InChI=1S/C18H28O2/c1-6-18(7-2,15-11-9-8-10-12-15)16(19)13-14-17(3,4)20-5/h8-12H,6-7,13-14H2,1-5H3. The minimum Gasteiger partial charge on any atom is -0.379 e. The van der Waals surface area contributed by atoms with Gasteiger partial charge < -0.3 is 4.74 Å². The number of carbonyl (C=O) groups excluding carboxylic acids is 1. The van der Waals surface area contributed by atoms with E-state index in [1.54, 1.807) is 7.11 Å². The molecule has 0 bridgehead atoms. The smallest absolute Gasteiger partial charge is 0.143 e. The topological polar surface area (TPSA) is 26.3 Å². The van der Waals surface area contributed by atoms with E-state index in [1.165, 1.54) is 0 Å². The van der Waals surface area contributed by atoms with Crippen molar-refractivity contribution >= 4 is 5.78 Å². The molecule has 0 aliphatic rings. The number of methoxy groups -OCH3 is 1. The first-order valence-corrected chi connectivity index (χ1v) is 7.56. The van der Waals surface area contributed by atoms with Crippen LogP contribution in [0.1, 0.15) is 58.9 Å². The fourth-order valence-electron chi connectivity index (χ4n) is 2.73. The summed E-state index contributed by atoms with van der Waals surface area (Å²) in [4.78, 5) is 12.8. The number of hydrogen-bond donors (Lipinski definition) is 0. The predicted octanol–water partition coefficient (Wildman–Crippen LogP) is 4.52. The van der Waals surface area contributed by atoms with Crippen LogP contribution in [0.2, 0.25) is 0 Å². The summed E-state index contributed by atoms with van der Waals surface area (Å²) >= 11 is 0. The van der Waals surface area contributed by atoms with E-state index in [-0.39, 0.29) is 11.0 Å². The molecular formula is C18H28O2. The fraction of sp³-hybridized carbons (Fsp3) is 0.611. The second-order valence-electron chi connectivity index (χ2n) is 6.04. The summed E-state index contributed by atoms with van der Waals surface area (Å²) < 4.78 is 5.42. The molecule has 0 amide bonds. The normalized spacial score (nSPS) is 12.4. The Morgan fingerprint density at radius 1 is 1.10 bits per heavy atom. The molecule has 0 N–H and O–H groups in total. The van der Waals surface area contributed by atoms with Crippen LogP contribution in [0.4, 0.5) is 0 Å². The highest BCUT2D eigenvalue weighted by Gasteiger charge is 2.36. The first-order chi connectivity index (χ1) is 9.41. The van der Waals surface area contributed by atoms with Crippen molar-refractivity contribution in [3.8, 4) is 0 Å². The van der Waals surface area contributed by atoms with Gasteiger partial charge in [0.25, 0.3) is 0 Å². The maximum atomic E-state index is 12.8. The Kier molecular flexibility index (Phi) is 5.94. The van der Waals surface area contributed by atoms with Crippen molar-refractivity contribution < 1.29 is 9.53 Å². The van der Waals surface area contributed by atoms with E-state index >= 15 is 0 Å². The Bertz CT molecular complexity index is 416. The first kappa shape index (κ1) is 16.9. The maximum Gasteiger partial charge on any atom is 0.143 e. The Hall–Kier alpha value is -1.15. The number of benzene rings is 1. The second-order valence-corrected chi connectivity index (χ2v) is 6.04. The molecule has 0 atom stereocenters. The summed E-state index contributed by atoms with van der Waals surface area (Å²) in [6.45, 7) is 8.27. The summed E-state index contributed by atoms with van der Waals surface area (Å²) in [5.41, 5.74) is 0.565. The molecule has 0 unspecified atom stereocenters. The zero-order valence-electron chi connectivity index (χ0n) is 13.5. The van der Waals surface area contributed by atoms with Crippen molar-refractivity contribution in [1.82, 2.24) is 0 Å². The van der Waals surface area contributed by atoms with Crippen LogP contribution in [0.5, 0.6) is 0 Å². The van der Waals surface area contributed by atoms with E-state index in [2.05, 4.69) is 26.0 Å². The number of Topliss-reactive ketones (excluding diaryl/α,β-unsaturated/α-hetero) is 1. The zero-order valence-corrected chi connectivity index (χ0v) is 13.5. The summed E-state index contributed by atoms with van der Waals surface area (Å²) in [5, 5.41) is 0. The van der Waals surface area contributed by atoms with Crippen LogP contribution in [0.25, 0.3) is 0 Å². The Balaban J connectivity index is 2.94. The van der Waals surface area contributed by atoms with E-state index in [4.69, 9.17) is 4.74 Å². The monoisotopic (exact) mass is 276 g/mol. The van der Waals surface area contributed by atoms with Crippen LogP contribution in [-0.2, 0) is 14.9 Å². The molecule has 0 heterocycles. The molecule has 0 spiro atoms. The van der Waals surface area contributed by atoms with Gasteiger partial charge in [0.15, 0.2) is 0 Å². The highest BCUT2D eigenvalue weighted by atomic mass is 16.5. The maximum absolute atomic E-state index is 12.8. The number of carbonyl (C=O) groups is 1. The lowest BCUT2D eigenvalue weighted by atomic mass is 9.71. The second kappa shape index (κ2) is 7.03. The van der Waals surface area contributed by atoms with E-state index in [9.17, 15) is 4.79 Å². The average Bonchev–Trinajstić information content (AvgIpc) is 2.48. The van der Waals surface area contributed by atoms with E-state index in [0.29, 0.717) is 12.2 Å². The van der Waals surface area contributed by atoms with E-state index < -0.39 is 0 Å². The number of hydrogen-bond acceptors (Lipinski definition) is 2. The molecule has 0 saturated heterocycles. The Labute approximate surface area is 123 Å². The van der Waals surface area contributed by atoms with Gasteiger partial charge in [-0.15, -0.1) is 0 Å². The van der Waals surface area contributed by atoms with Crippen LogP contribution in [0, 0.1) is 0 Å². The molecule has 20 heavy (non-hydrogen) atoms. The van der Waals surface area contributed by atoms with Gasteiger partial charge in [-0.25, -0.2) is 0 Å². The zero-order chi connectivity index (χ0) is 15.2. The fourth-order valence-corrected chi connectivity index (χ4v) is 2.73. The molecular weight excluding hydrogens is 248 g/mol. The summed E-state index contributed by atoms with van der Waals surface area (Å²) in [7, 11) is 1.70. The van der Waals surface area contributed by atoms with Gasteiger partial charge in [0.1, 0.15) is 5.78 Å². The van der Waals surface area contributed by atoms with Crippen LogP contribution in [0.15, 0.2) is 30.3 Å². The van der Waals surface area contributed by atoms with Crippen molar-refractivity contribution in [1.29, 1.82) is 0 Å². The van der Waals surface area contributed by atoms with Gasteiger partial charge in [0.2, 0.25) is 0 Å². The van der Waals surface area contributed by atoms with Crippen molar-refractivity contribution in [2.45, 2.75) is 64.4 Å². The van der Waals surface area contributed by atoms with Gasteiger partial charge in [0, 0.05) is 13.5 Å². The quantitative estimate of drug-likeness (QED) is 0.698. The number of rotatable bonds is 8. The summed E-state index contributed by atoms with van der Waals surface area (Å²) in [5.74, 6) is 0.332. The third kappa shape index (κ3) is 3.69. The van der Waals surface area contributed by atoms with Gasteiger partial charge in [-0.1, -0.05) is 44.2 Å². The molecule has 112 valence electrons. The van der Waals surface area contributed by atoms with E-state index in [0.717, 1.165) is 24.8 Å². The van der Waals surface area contributed by atoms with Crippen LogP contribution >= 0.6 is 0 Å². The van der Waals surface area contributed by atoms with Crippen molar-refractivity contribution in [3.63, 3.8) is 0 Å². The lowest BCUT2D eigenvalue weighted by molar-refractivity contribution is -0.126. The molecule has 0 aliphatic carbocycles. The van der Waals surface area contributed by atoms with Crippen LogP contribution in [0.3, 0.4) is 0 Å². The Morgan fingerprint density at radius 3 is 2.10 bits per heavy atom. The molecule has 0 radical (unpaired) electrons. The first-order valence-electron chi connectivity index (χ1n) is 7.56. The Morgan fingerprint density at radius 2 is 1.65 bits per heavy atom. The SMILES string of the molecule is CCC(CC)(C(=O)CCC(C)(C)OC)c1ccccc1. The van der Waals surface area contributed by atoms with E-state index in [1.807, 2.05) is 32.0 Å². The third-order valence-electron chi connectivity index (χ3n) is 4.57. The van der Waals surface area contributed by atoms with Gasteiger partial charge in [-0.2, -0.15) is 0 Å². The summed E-state index contributed by atoms with van der Waals surface area (Å²) in [6.07, 6.45) is 3.02. The highest BCUT2D eigenvalue weighted by Crippen LogP contribution is 2.35. The molecule has 0 aromatic heterocycles. The summed E-state index contributed by atoms with van der Waals surface area (Å²) in [6, 6.07) is 10.2. The molecule has 1 aromatic carbocycles. The minimum absolute atomic E-state index is 0.237. The van der Waals surface area contributed by atoms with Crippen LogP contribution in [-0.4, -0.2) is 18.5 Å². The lowest BCUT2D eigenvalue weighted by Crippen LogP contribution is -2.36. The highest BCUT2D eigenvalue weighted by molar-refractivity contribution is 5.90.